The number of nitrogens with one attached hydrogen (secondary N) is 1. The van der Waals surface area contributed by atoms with Crippen LogP contribution >= 0.6 is 0 Å². The first kappa shape index (κ1) is 16.2. The molecule has 24 heavy (non-hydrogen) atoms. The van der Waals surface area contributed by atoms with E-state index < -0.39 is 0 Å². The summed E-state index contributed by atoms with van der Waals surface area (Å²) < 4.78 is 10.9. The Hall–Kier alpha value is -2.68. The van der Waals surface area contributed by atoms with E-state index in [0.29, 0.717) is 37.5 Å². The Bertz CT molecular complexity index is 761. The molecule has 2 aromatic rings. The molecule has 0 unspecified atom stereocenters. The van der Waals surface area contributed by atoms with Crippen LogP contribution in [-0.2, 0) is 9.47 Å². The Kier molecular flexibility index (Phi) is 5.22. The first-order chi connectivity index (χ1) is 11.8. The first-order valence-electron chi connectivity index (χ1n) is 7.85. The van der Waals surface area contributed by atoms with Crippen molar-refractivity contribution in [2.75, 3.05) is 26.4 Å². The molecular formula is C19H18N2O3. The number of hydrogen-bond donors (Lipinski definition) is 1. The van der Waals surface area contributed by atoms with E-state index in [9.17, 15) is 10.1 Å². The molecule has 1 saturated heterocycles. The lowest BCUT2D eigenvalue weighted by Crippen LogP contribution is -2.39. The van der Waals surface area contributed by atoms with Crippen molar-refractivity contribution in [2.24, 2.45) is 0 Å². The van der Waals surface area contributed by atoms with E-state index in [0.717, 1.165) is 11.1 Å². The molecule has 0 aliphatic carbocycles. The van der Waals surface area contributed by atoms with E-state index >= 15 is 0 Å². The van der Waals surface area contributed by atoms with E-state index in [4.69, 9.17) is 9.47 Å². The lowest BCUT2D eigenvalue weighted by Gasteiger charge is -2.23. The molecule has 1 fully saturated rings. The van der Waals surface area contributed by atoms with Gasteiger partial charge in [0.15, 0.2) is 0 Å². The minimum atomic E-state index is -0.187. The molecule has 5 heteroatoms. The van der Waals surface area contributed by atoms with Gasteiger partial charge in [-0.3, -0.25) is 4.79 Å². The Labute approximate surface area is 140 Å². The molecule has 0 bridgehead atoms. The minimum absolute atomic E-state index is 0.124. The van der Waals surface area contributed by atoms with Gasteiger partial charge in [-0.15, -0.1) is 0 Å². The van der Waals surface area contributed by atoms with Crippen LogP contribution < -0.4 is 5.32 Å². The molecular weight excluding hydrogens is 304 g/mol. The summed E-state index contributed by atoms with van der Waals surface area (Å²) in [5, 5.41) is 12.2. The Morgan fingerprint density at radius 1 is 1.12 bits per heavy atom. The topological polar surface area (TPSA) is 71.4 Å². The van der Waals surface area contributed by atoms with Crippen molar-refractivity contribution in [3.63, 3.8) is 0 Å². The van der Waals surface area contributed by atoms with Crippen LogP contribution in [0.15, 0.2) is 48.5 Å². The summed E-state index contributed by atoms with van der Waals surface area (Å²) in [7, 11) is 0. The van der Waals surface area contributed by atoms with Gasteiger partial charge in [-0.05, 0) is 17.7 Å². The number of nitriles is 1. The molecule has 1 N–H and O–H groups in total. The number of carbonyl (C=O) groups excluding carboxylic acids is 1. The molecule has 1 aliphatic rings. The van der Waals surface area contributed by atoms with Gasteiger partial charge in [0.2, 0.25) is 0 Å². The van der Waals surface area contributed by atoms with Gasteiger partial charge in [-0.25, -0.2) is 0 Å². The number of hydrogen-bond acceptors (Lipinski definition) is 4. The lowest BCUT2D eigenvalue weighted by atomic mass is 9.95. The predicted octanol–water partition coefficient (Wildman–Crippen LogP) is 2.37. The molecule has 2 aromatic carbocycles. The fourth-order valence-corrected chi connectivity index (χ4v) is 2.69. The number of rotatable bonds is 4. The zero-order valence-electron chi connectivity index (χ0n) is 13.2. The fraction of sp³-hybridized carbons (Fsp3) is 0.263. The SMILES string of the molecule is N#Cc1ccccc1-c1ccccc1C(=O)NC[C@H]1COCCO1. The Balaban J connectivity index is 1.81. The highest BCUT2D eigenvalue weighted by molar-refractivity contribution is 6.01. The van der Waals surface area contributed by atoms with E-state index in [-0.39, 0.29) is 12.0 Å². The van der Waals surface area contributed by atoms with Crippen LogP contribution in [0.1, 0.15) is 15.9 Å². The van der Waals surface area contributed by atoms with Gasteiger partial charge < -0.3 is 14.8 Å². The number of benzene rings is 2. The third-order valence-corrected chi connectivity index (χ3v) is 3.88. The smallest absolute Gasteiger partial charge is 0.252 e. The molecule has 0 spiro atoms. The Morgan fingerprint density at radius 3 is 2.62 bits per heavy atom. The van der Waals surface area contributed by atoms with Crippen LogP contribution in [0.25, 0.3) is 11.1 Å². The molecule has 122 valence electrons. The normalized spacial score (nSPS) is 17.0. The van der Waals surface area contributed by atoms with Crippen LogP contribution in [-0.4, -0.2) is 38.4 Å². The second-order valence-electron chi connectivity index (χ2n) is 5.48. The number of amides is 1. The second kappa shape index (κ2) is 7.73. The van der Waals surface area contributed by atoms with E-state index in [2.05, 4.69) is 11.4 Å². The molecule has 0 aromatic heterocycles. The van der Waals surface area contributed by atoms with E-state index in [1.807, 2.05) is 36.4 Å². The third-order valence-electron chi connectivity index (χ3n) is 3.88. The van der Waals surface area contributed by atoms with Crippen molar-refractivity contribution in [1.29, 1.82) is 5.26 Å². The standard InChI is InChI=1S/C19H18N2O3/c20-11-14-5-1-2-6-16(14)17-7-3-4-8-18(17)19(22)21-12-15-13-23-9-10-24-15/h1-8,15H,9-10,12-13H2,(H,21,22)/t15-/m0/s1. The van der Waals surface area contributed by atoms with E-state index in [1.165, 1.54) is 0 Å². The summed E-state index contributed by atoms with van der Waals surface area (Å²) in [5.74, 6) is -0.187. The molecule has 1 amide bonds. The van der Waals surface area contributed by atoms with Crippen LogP contribution in [0, 0.1) is 11.3 Å². The van der Waals surface area contributed by atoms with Crippen LogP contribution in [0.4, 0.5) is 0 Å². The summed E-state index contributed by atoms with van der Waals surface area (Å²) in [6.45, 7) is 2.02. The highest BCUT2D eigenvalue weighted by Crippen LogP contribution is 2.26. The monoisotopic (exact) mass is 322 g/mol. The van der Waals surface area contributed by atoms with Crippen molar-refractivity contribution < 1.29 is 14.3 Å². The maximum Gasteiger partial charge on any atom is 0.252 e. The molecule has 3 rings (SSSR count). The minimum Gasteiger partial charge on any atom is -0.376 e. The van der Waals surface area contributed by atoms with Crippen LogP contribution in [0.5, 0.6) is 0 Å². The van der Waals surface area contributed by atoms with Gasteiger partial charge >= 0.3 is 0 Å². The summed E-state index contributed by atoms with van der Waals surface area (Å²) in [4.78, 5) is 12.6. The Morgan fingerprint density at radius 2 is 1.88 bits per heavy atom. The first-order valence-corrected chi connectivity index (χ1v) is 7.85. The van der Waals surface area contributed by atoms with Gasteiger partial charge in [0.25, 0.3) is 5.91 Å². The number of carbonyl (C=O) groups is 1. The van der Waals surface area contributed by atoms with Crippen molar-refractivity contribution in [1.82, 2.24) is 5.32 Å². The van der Waals surface area contributed by atoms with Crippen molar-refractivity contribution in [3.05, 3.63) is 59.7 Å². The number of nitrogens with zero attached hydrogens (tertiary/aromatic N) is 1. The molecule has 1 aliphatic heterocycles. The van der Waals surface area contributed by atoms with Gasteiger partial charge in [0.1, 0.15) is 0 Å². The number of ether oxygens (including phenoxy) is 2. The van der Waals surface area contributed by atoms with Crippen molar-refractivity contribution in [2.45, 2.75) is 6.10 Å². The predicted molar refractivity (Wildman–Crippen MR) is 89.5 cm³/mol. The maximum atomic E-state index is 12.6. The quantitative estimate of drug-likeness (QED) is 0.938. The average Bonchev–Trinajstić information content (AvgIpc) is 2.67. The highest BCUT2D eigenvalue weighted by atomic mass is 16.6. The summed E-state index contributed by atoms with van der Waals surface area (Å²) in [5.41, 5.74) is 2.58. The molecule has 0 saturated carbocycles. The van der Waals surface area contributed by atoms with Gasteiger partial charge in [0, 0.05) is 17.7 Å². The summed E-state index contributed by atoms with van der Waals surface area (Å²) in [6, 6.07) is 16.7. The molecule has 5 nitrogen and oxygen atoms in total. The van der Waals surface area contributed by atoms with Crippen molar-refractivity contribution in [3.8, 4) is 17.2 Å². The van der Waals surface area contributed by atoms with Gasteiger partial charge in [-0.1, -0.05) is 36.4 Å². The maximum absolute atomic E-state index is 12.6. The lowest BCUT2D eigenvalue weighted by molar-refractivity contribution is -0.0855. The van der Waals surface area contributed by atoms with Crippen LogP contribution in [0.3, 0.4) is 0 Å². The summed E-state index contributed by atoms with van der Waals surface area (Å²) >= 11 is 0. The third kappa shape index (κ3) is 3.62. The fourth-order valence-electron chi connectivity index (χ4n) is 2.69. The molecule has 1 atom stereocenters. The second-order valence-corrected chi connectivity index (χ2v) is 5.48. The largest absolute Gasteiger partial charge is 0.376 e. The summed E-state index contributed by atoms with van der Waals surface area (Å²) in [6.07, 6.45) is -0.124. The van der Waals surface area contributed by atoms with E-state index in [1.54, 1.807) is 12.1 Å². The van der Waals surface area contributed by atoms with Crippen LogP contribution in [0.2, 0.25) is 0 Å². The molecule has 0 radical (unpaired) electrons. The average molecular weight is 322 g/mol. The molecule has 1 heterocycles. The zero-order chi connectivity index (χ0) is 16.8. The van der Waals surface area contributed by atoms with Gasteiger partial charge in [-0.2, -0.15) is 5.26 Å². The highest BCUT2D eigenvalue weighted by Gasteiger charge is 2.18. The van der Waals surface area contributed by atoms with Crippen molar-refractivity contribution >= 4 is 5.91 Å². The zero-order valence-corrected chi connectivity index (χ0v) is 13.2. The van der Waals surface area contributed by atoms with Gasteiger partial charge in [0.05, 0.1) is 37.6 Å².